The van der Waals surface area contributed by atoms with Crippen molar-refractivity contribution in [3.05, 3.63) is 0 Å². The number of nitrogens with one attached hydrogen (secondary N) is 1. The minimum atomic E-state index is -4.22. The number of rotatable bonds is 3. The second-order valence-corrected chi connectivity index (χ2v) is 4.19. The molecule has 4 N–H and O–H groups in total. The number of carbonyl (C=O) groups is 1. The van der Waals surface area contributed by atoms with Crippen molar-refractivity contribution in [2.24, 2.45) is 5.73 Å². The van der Waals surface area contributed by atoms with Crippen LogP contribution in [0.15, 0.2) is 0 Å². The van der Waals surface area contributed by atoms with Gasteiger partial charge in [0.2, 0.25) is 5.91 Å². The molecule has 0 aliphatic heterocycles. The first kappa shape index (κ1) is 11.3. The van der Waals surface area contributed by atoms with E-state index in [-0.39, 0.29) is 0 Å². The third-order valence-electron chi connectivity index (χ3n) is 1.21. The Labute approximate surface area is 70.9 Å². The molecule has 0 unspecified atom stereocenters. The van der Waals surface area contributed by atoms with E-state index in [9.17, 15) is 13.2 Å². The summed E-state index contributed by atoms with van der Waals surface area (Å²) < 4.78 is 29.2. The predicted molar refractivity (Wildman–Crippen MR) is 42.8 cm³/mol. The summed E-state index contributed by atoms with van der Waals surface area (Å²) in [6.07, 6.45) is 0. The molecule has 0 aromatic carbocycles. The molecule has 72 valence electrons. The van der Waals surface area contributed by atoms with Crippen LogP contribution in [-0.2, 0) is 14.9 Å². The summed E-state index contributed by atoms with van der Waals surface area (Å²) in [5.74, 6) is -0.625. The van der Waals surface area contributed by atoms with Crippen molar-refractivity contribution in [2.45, 2.75) is 25.3 Å². The lowest BCUT2D eigenvalue weighted by Crippen LogP contribution is -2.45. The Kier molecular flexibility index (Phi) is 3.62. The molecule has 2 atom stereocenters. The highest BCUT2D eigenvalue weighted by atomic mass is 32.2. The van der Waals surface area contributed by atoms with Crippen molar-refractivity contribution < 1.29 is 17.8 Å². The highest BCUT2D eigenvalue weighted by Gasteiger charge is 2.20. The monoisotopic (exact) mass is 196 g/mol. The minimum Gasteiger partial charge on any atom is -0.336 e. The highest BCUT2D eigenvalue weighted by molar-refractivity contribution is 7.86. The van der Waals surface area contributed by atoms with Crippen LogP contribution in [0.4, 0.5) is 0 Å². The Morgan fingerprint density at radius 3 is 2.17 bits per heavy atom. The number of amides is 1. The van der Waals surface area contributed by atoms with Gasteiger partial charge >= 0.3 is 0 Å². The third kappa shape index (κ3) is 3.65. The Morgan fingerprint density at radius 2 is 1.92 bits per heavy atom. The summed E-state index contributed by atoms with van der Waals surface area (Å²) in [5.41, 5.74) is 5.14. The number of hydrogen-bond donors (Lipinski definition) is 3. The Hall–Kier alpha value is -0.660. The molecule has 0 aromatic heterocycles. The topological polar surface area (TPSA) is 109 Å². The molecule has 0 aliphatic rings. The summed E-state index contributed by atoms with van der Waals surface area (Å²) in [6, 6.07) is -0.797. The van der Waals surface area contributed by atoms with Gasteiger partial charge in [-0.25, -0.2) is 0 Å². The quantitative estimate of drug-likeness (QED) is 0.485. The molecule has 0 aliphatic carbocycles. The fourth-order valence-electron chi connectivity index (χ4n) is 0.406. The Morgan fingerprint density at radius 1 is 1.50 bits per heavy atom. The van der Waals surface area contributed by atoms with Crippen molar-refractivity contribution in [1.29, 1.82) is 0 Å². The first-order valence-corrected chi connectivity index (χ1v) is 4.77. The van der Waals surface area contributed by atoms with Gasteiger partial charge in [-0.1, -0.05) is 0 Å². The maximum Gasteiger partial charge on any atom is 0.285 e. The SMILES string of the molecule is C[C@H](NC(=O)[C@@H](C)N)S(=O)(=O)O. The van der Waals surface area contributed by atoms with E-state index < -0.39 is 27.4 Å². The normalized spacial score (nSPS) is 16.7. The number of nitrogens with two attached hydrogens (primary N) is 1. The van der Waals surface area contributed by atoms with E-state index in [1.54, 1.807) is 0 Å². The van der Waals surface area contributed by atoms with E-state index >= 15 is 0 Å². The smallest absolute Gasteiger partial charge is 0.285 e. The standard InChI is InChI=1S/C5H12N2O4S/c1-3(6)5(8)7-4(2)12(9,10)11/h3-4H,6H2,1-2H3,(H,7,8)(H,9,10,11)/t3-,4-/m1/s1. The van der Waals surface area contributed by atoms with Crippen LogP contribution in [0, 0.1) is 0 Å². The van der Waals surface area contributed by atoms with Gasteiger partial charge in [0, 0.05) is 0 Å². The zero-order chi connectivity index (χ0) is 9.94. The molecule has 6 nitrogen and oxygen atoms in total. The first-order valence-electron chi connectivity index (χ1n) is 3.27. The van der Waals surface area contributed by atoms with Gasteiger partial charge in [-0.3, -0.25) is 9.35 Å². The van der Waals surface area contributed by atoms with E-state index in [1.165, 1.54) is 6.92 Å². The van der Waals surface area contributed by atoms with E-state index in [1.807, 2.05) is 5.32 Å². The van der Waals surface area contributed by atoms with Crippen LogP contribution in [0.5, 0.6) is 0 Å². The van der Waals surface area contributed by atoms with Crippen LogP contribution in [-0.4, -0.2) is 30.3 Å². The molecule has 0 heterocycles. The average Bonchev–Trinajstić information content (AvgIpc) is 1.85. The third-order valence-corrected chi connectivity index (χ3v) is 2.22. The average molecular weight is 196 g/mol. The first-order chi connectivity index (χ1) is 5.25. The van der Waals surface area contributed by atoms with E-state index in [0.717, 1.165) is 6.92 Å². The zero-order valence-electron chi connectivity index (χ0n) is 6.81. The molecular formula is C5H12N2O4S. The second-order valence-electron chi connectivity index (χ2n) is 2.45. The molecule has 0 bridgehead atoms. The summed E-state index contributed by atoms with van der Waals surface area (Å²) in [4.78, 5) is 10.8. The second kappa shape index (κ2) is 3.83. The number of hydrogen-bond acceptors (Lipinski definition) is 4. The molecule has 0 saturated carbocycles. The molecular weight excluding hydrogens is 184 g/mol. The van der Waals surface area contributed by atoms with Crippen LogP contribution in [0.1, 0.15) is 13.8 Å². The van der Waals surface area contributed by atoms with Crippen molar-refractivity contribution >= 4 is 16.0 Å². The fraction of sp³-hybridized carbons (Fsp3) is 0.800. The summed E-state index contributed by atoms with van der Waals surface area (Å²) in [7, 11) is -4.22. The highest BCUT2D eigenvalue weighted by Crippen LogP contribution is 1.92. The summed E-state index contributed by atoms with van der Waals surface area (Å²) in [5, 5.41) is 0.694. The number of carbonyl (C=O) groups excluding carboxylic acids is 1. The van der Waals surface area contributed by atoms with Gasteiger partial charge in [-0.05, 0) is 13.8 Å². The molecule has 1 amide bonds. The van der Waals surface area contributed by atoms with Crippen LogP contribution < -0.4 is 11.1 Å². The van der Waals surface area contributed by atoms with Crippen LogP contribution >= 0.6 is 0 Å². The lowest BCUT2D eigenvalue weighted by Gasteiger charge is -2.12. The zero-order valence-corrected chi connectivity index (χ0v) is 7.63. The molecule has 0 aromatic rings. The van der Waals surface area contributed by atoms with Crippen molar-refractivity contribution in [3.63, 3.8) is 0 Å². The molecule has 0 saturated heterocycles. The lowest BCUT2D eigenvalue weighted by molar-refractivity contribution is -0.122. The molecule has 12 heavy (non-hydrogen) atoms. The Bertz CT molecular complexity index is 259. The van der Waals surface area contributed by atoms with Gasteiger partial charge in [0.15, 0.2) is 5.37 Å². The largest absolute Gasteiger partial charge is 0.336 e. The van der Waals surface area contributed by atoms with E-state index in [2.05, 4.69) is 0 Å². The van der Waals surface area contributed by atoms with Gasteiger partial charge in [-0.15, -0.1) is 0 Å². The maximum absolute atomic E-state index is 10.8. The predicted octanol–water partition coefficient (Wildman–Crippen LogP) is -1.32. The van der Waals surface area contributed by atoms with Gasteiger partial charge in [0.25, 0.3) is 10.1 Å². The van der Waals surface area contributed by atoms with Crippen molar-refractivity contribution in [2.75, 3.05) is 0 Å². The molecule has 7 heteroatoms. The minimum absolute atomic E-state index is 0.625. The molecule has 0 rings (SSSR count). The van der Waals surface area contributed by atoms with Gasteiger partial charge in [0.1, 0.15) is 0 Å². The van der Waals surface area contributed by atoms with E-state index in [4.69, 9.17) is 10.3 Å². The summed E-state index contributed by atoms with van der Waals surface area (Å²) in [6.45, 7) is 2.56. The van der Waals surface area contributed by atoms with Crippen LogP contribution in [0.25, 0.3) is 0 Å². The van der Waals surface area contributed by atoms with E-state index in [0.29, 0.717) is 0 Å². The van der Waals surface area contributed by atoms with Gasteiger partial charge in [0.05, 0.1) is 6.04 Å². The molecule has 0 spiro atoms. The van der Waals surface area contributed by atoms with Crippen LogP contribution in [0.2, 0.25) is 0 Å². The van der Waals surface area contributed by atoms with Gasteiger partial charge in [-0.2, -0.15) is 8.42 Å². The molecule has 0 radical (unpaired) electrons. The maximum atomic E-state index is 10.8. The fourth-order valence-corrected chi connectivity index (χ4v) is 0.671. The lowest BCUT2D eigenvalue weighted by atomic mass is 10.3. The van der Waals surface area contributed by atoms with Crippen LogP contribution in [0.3, 0.4) is 0 Å². The Balaban J connectivity index is 4.21. The van der Waals surface area contributed by atoms with Crippen molar-refractivity contribution in [3.8, 4) is 0 Å². The molecule has 0 fully saturated rings. The van der Waals surface area contributed by atoms with Gasteiger partial charge < -0.3 is 11.1 Å². The summed E-state index contributed by atoms with van der Waals surface area (Å²) >= 11 is 0. The van der Waals surface area contributed by atoms with Crippen molar-refractivity contribution in [1.82, 2.24) is 5.32 Å².